The van der Waals surface area contributed by atoms with Crippen molar-refractivity contribution in [2.75, 3.05) is 33.8 Å². The first-order valence-corrected chi connectivity index (χ1v) is 11.2. The average Bonchev–Trinajstić information content (AvgIpc) is 2.65. The van der Waals surface area contributed by atoms with E-state index in [0.717, 1.165) is 31.9 Å². The fourth-order valence-electron chi connectivity index (χ4n) is 3.20. The summed E-state index contributed by atoms with van der Waals surface area (Å²) in [5.74, 6) is 1.01. The zero-order chi connectivity index (χ0) is 19.7. The number of rotatable bonds is 17. The van der Waals surface area contributed by atoms with Gasteiger partial charge in [-0.05, 0) is 58.0 Å². The molecule has 1 atom stereocenters. The predicted octanol–water partition coefficient (Wildman–Crippen LogP) is 5.68. The third kappa shape index (κ3) is 13.7. The summed E-state index contributed by atoms with van der Waals surface area (Å²) in [5.41, 5.74) is 1.40. The lowest BCUT2D eigenvalue weighted by Crippen LogP contribution is -2.33. The number of benzene rings is 1. The molecule has 0 amide bonds. The fraction of sp³-hybridized carbons (Fsp3) is 0.750. The quantitative estimate of drug-likeness (QED) is 0.354. The zero-order valence-corrected chi connectivity index (χ0v) is 18.4. The molecule has 0 fully saturated rings. The van der Waals surface area contributed by atoms with E-state index < -0.39 is 0 Å². The van der Waals surface area contributed by atoms with Crippen molar-refractivity contribution in [1.29, 1.82) is 0 Å². The van der Waals surface area contributed by atoms with Crippen molar-refractivity contribution < 1.29 is 4.74 Å². The Kier molecular flexibility index (Phi) is 14.2. The van der Waals surface area contributed by atoms with Gasteiger partial charge in [0.05, 0.1) is 6.61 Å². The van der Waals surface area contributed by atoms with Gasteiger partial charge in [0, 0.05) is 19.1 Å². The van der Waals surface area contributed by atoms with Gasteiger partial charge in [0.15, 0.2) is 0 Å². The number of nitrogens with one attached hydrogen (secondary N) is 1. The molecule has 0 aromatic heterocycles. The SMILES string of the molecule is CCCCCCCCCCOc1ccc(CCC(C)NCCN(C)C)cc1. The number of aryl methyl sites for hydroxylation is 1. The van der Waals surface area contributed by atoms with Crippen LogP contribution in [0, 0.1) is 0 Å². The summed E-state index contributed by atoms with van der Waals surface area (Å²) in [6.45, 7) is 7.54. The Hall–Kier alpha value is -1.06. The van der Waals surface area contributed by atoms with E-state index in [0.29, 0.717) is 6.04 Å². The molecule has 1 aromatic carbocycles. The first kappa shape index (κ1) is 24.0. The van der Waals surface area contributed by atoms with E-state index in [4.69, 9.17) is 4.74 Å². The van der Waals surface area contributed by atoms with Gasteiger partial charge in [-0.15, -0.1) is 0 Å². The van der Waals surface area contributed by atoms with Crippen molar-refractivity contribution in [3.05, 3.63) is 29.8 Å². The van der Waals surface area contributed by atoms with Gasteiger partial charge in [0.25, 0.3) is 0 Å². The molecule has 0 saturated heterocycles. The molecule has 3 nitrogen and oxygen atoms in total. The Bertz CT molecular complexity index is 444. The molecule has 27 heavy (non-hydrogen) atoms. The standard InChI is InChI=1S/C24H44N2O/c1-5-6-7-8-9-10-11-12-21-27-24-17-15-23(16-18-24)14-13-22(2)25-19-20-26(3)4/h15-18,22,25H,5-14,19-21H2,1-4H3. The Labute approximate surface area is 168 Å². The van der Waals surface area contributed by atoms with Crippen LogP contribution >= 0.6 is 0 Å². The third-order valence-electron chi connectivity index (χ3n) is 5.11. The maximum atomic E-state index is 5.89. The summed E-state index contributed by atoms with van der Waals surface area (Å²) in [7, 11) is 4.23. The summed E-state index contributed by atoms with van der Waals surface area (Å²) >= 11 is 0. The van der Waals surface area contributed by atoms with Gasteiger partial charge >= 0.3 is 0 Å². The van der Waals surface area contributed by atoms with Gasteiger partial charge < -0.3 is 15.0 Å². The van der Waals surface area contributed by atoms with Crippen LogP contribution in [0.2, 0.25) is 0 Å². The normalized spacial score (nSPS) is 12.5. The molecule has 0 aliphatic heterocycles. The molecule has 156 valence electrons. The molecular weight excluding hydrogens is 332 g/mol. The van der Waals surface area contributed by atoms with Crippen LogP contribution in [0.4, 0.5) is 0 Å². The number of likely N-dealkylation sites (N-methyl/N-ethyl adjacent to an activating group) is 1. The summed E-state index contributed by atoms with van der Waals surface area (Å²) in [6.07, 6.45) is 13.0. The summed E-state index contributed by atoms with van der Waals surface area (Å²) in [5, 5.41) is 3.59. The molecule has 0 aliphatic carbocycles. The van der Waals surface area contributed by atoms with Crippen LogP contribution in [0.1, 0.15) is 77.2 Å². The molecule has 1 rings (SSSR count). The summed E-state index contributed by atoms with van der Waals surface area (Å²) in [4.78, 5) is 2.21. The minimum absolute atomic E-state index is 0.558. The Morgan fingerprint density at radius 3 is 2.19 bits per heavy atom. The molecule has 0 saturated carbocycles. The van der Waals surface area contributed by atoms with Crippen LogP contribution in [-0.2, 0) is 6.42 Å². The molecular formula is C24H44N2O. The first-order valence-electron chi connectivity index (χ1n) is 11.2. The van der Waals surface area contributed by atoms with E-state index in [1.165, 1.54) is 63.4 Å². The van der Waals surface area contributed by atoms with Crippen molar-refractivity contribution in [3.63, 3.8) is 0 Å². The monoisotopic (exact) mass is 376 g/mol. The smallest absolute Gasteiger partial charge is 0.119 e. The van der Waals surface area contributed by atoms with Crippen LogP contribution in [0.25, 0.3) is 0 Å². The van der Waals surface area contributed by atoms with E-state index in [1.54, 1.807) is 0 Å². The highest BCUT2D eigenvalue weighted by atomic mass is 16.5. The second-order valence-electron chi connectivity index (χ2n) is 8.16. The lowest BCUT2D eigenvalue weighted by Gasteiger charge is -2.16. The van der Waals surface area contributed by atoms with E-state index in [1.807, 2.05) is 0 Å². The fourth-order valence-corrected chi connectivity index (χ4v) is 3.20. The van der Waals surface area contributed by atoms with Crippen molar-refractivity contribution in [3.8, 4) is 5.75 Å². The highest BCUT2D eigenvalue weighted by Gasteiger charge is 2.03. The van der Waals surface area contributed by atoms with E-state index in [2.05, 4.69) is 62.4 Å². The highest BCUT2D eigenvalue weighted by molar-refractivity contribution is 5.27. The Morgan fingerprint density at radius 2 is 1.56 bits per heavy atom. The van der Waals surface area contributed by atoms with Crippen LogP contribution in [0.3, 0.4) is 0 Å². The number of hydrogen-bond acceptors (Lipinski definition) is 3. The molecule has 1 aromatic rings. The van der Waals surface area contributed by atoms with Gasteiger partial charge in [-0.3, -0.25) is 0 Å². The lowest BCUT2D eigenvalue weighted by atomic mass is 10.1. The average molecular weight is 377 g/mol. The molecule has 1 N–H and O–H groups in total. The second kappa shape index (κ2) is 15.9. The second-order valence-corrected chi connectivity index (χ2v) is 8.16. The van der Waals surface area contributed by atoms with Crippen molar-refractivity contribution in [1.82, 2.24) is 10.2 Å². The predicted molar refractivity (Wildman–Crippen MR) is 119 cm³/mol. The molecule has 1 unspecified atom stereocenters. The van der Waals surface area contributed by atoms with Gasteiger partial charge in [0.1, 0.15) is 5.75 Å². The maximum absolute atomic E-state index is 5.89. The number of hydrogen-bond donors (Lipinski definition) is 1. The molecule has 0 aliphatic rings. The van der Waals surface area contributed by atoms with Crippen molar-refractivity contribution >= 4 is 0 Å². The van der Waals surface area contributed by atoms with Crippen LogP contribution < -0.4 is 10.1 Å². The number of nitrogens with zero attached hydrogens (tertiary/aromatic N) is 1. The molecule has 0 radical (unpaired) electrons. The van der Waals surface area contributed by atoms with Crippen LogP contribution in [-0.4, -0.2) is 44.7 Å². The third-order valence-corrected chi connectivity index (χ3v) is 5.11. The largest absolute Gasteiger partial charge is 0.494 e. The summed E-state index contributed by atoms with van der Waals surface area (Å²) < 4.78 is 5.89. The Balaban J connectivity index is 2.06. The minimum atomic E-state index is 0.558. The van der Waals surface area contributed by atoms with E-state index in [9.17, 15) is 0 Å². The van der Waals surface area contributed by atoms with Gasteiger partial charge in [0.2, 0.25) is 0 Å². The van der Waals surface area contributed by atoms with Crippen molar-refractivity contribution in [2.24, 2.45) is 0 Å². The van der Waals surface area contributed by atoms with Gasteiger partial charge in [-0.25, -0.2) is 0 Å². The van der Waals surface area contributed by atoms with Crippen LogP contribution in [0.15, 0.2) is 24.3 Å². The minimum Gasteiger partial charge on any atom is -0.494 e. The zero-order valence-electron chi connectivity index (χ0n) is 18.4. The molecule has 3 heteroatoms. The maximum Gasteiger partial charge on any atom is 0.119 e. The number of ether oxygens (including phenoxy) is 1. The lowest BCUT2D eigenvalue weighted by molar-refractivity contribution is 0.304. The van der Waals surface area contributed by atoms with Gasteiger partial charge in [-0.1, -0.05) is 64.0 Å². The first-order chi connectivity index (χ1) is 13.1. The van der Waals surface area contributed by atoms with E-state index in [-0.39, 0.29) is 0 Å². The Morgan fingerprint density at radius 1 is 0.926 bits per heavy atom. The summed E-state index contributed by atoms with van der Waals surface area (Å²) in [6, 6.07) is 9.25. The van der Waals surface area contributed by atoms with Crippen LogP contribution in [0.5, 0.6) is 5.75 Å². The van der Waals surface area contributed by atoms with Crippen molar-refractivity contribution in [2.45, 2.75) is 84.1 Å². The molecule has 0 heterocycles. The molecule has 0 spiro atoms. The topological polar surface area (TPSA) is 24.5 Å². The van der Waals surface area contributed by atoms with E-state index >= 15 is 0 Å². The molecule has 0 bridgehead atoms. The number of unbranched alkanes of at least 4 members (excludes halogenated alkanes) is 7. The van der Waals surface area contributed by atoms with Gasteiger partial charge in [-0.2, -0.15) is 0 Å². The highest BCUT2D eigenvalue weighted by Crippen LogP contribution is 2.15.